The maximum absolute atomic E-state index is 2.29. The van der Waals surface area contributed by atoms with E-state index in [4.69, 9.17) is 0 Å². The van der Waals surface area contributed by atoms with Crippen molar-refractivity contribution in [2.24, 2.45) is 0 Å². The summed E-state index contributed by atoms with van der Waals surface area (Å²) >= 11 is 0. The molecule has 0 atom stereocenters. The van der Waals surface area contributed by atoms with E-state index in [1.165, 1.54) is 85.1 Å². The Balaban J connectivity index is 0. The average molecular weight is 419 g/mol. The van der Waals surface area contributed by atoms with Crippen molar-refractivity contribution in [1.82, 2.24) is 0 Å². The van der Waals surface area contributed by atoms with Crippen LogP contribution in [0.4, 0.5) is 0 Å². The molecular formula is C24H41CoP. The summed E-state index contributed by atoms with van der Waals surface area (Å²) in [5.41, 5.74) is 0. The van der Waals surface area contributed by atoms with E-state index in [1.54, 1.807) is 0 Å². The molecule has 0 bridgehead atoms. The van der Waals surface area contributed by atoms with Crippen molar-refractivity contribution in [3.63, 3.8) is 0 Å². The summed E-state index contributed by atoms with van der Waals surface area (Å²) < 4.78 is 0. The second-order valence-corrected chi connectivity index (χ2v) is 8.00. The minimum absolute atomic E-state index is 0. The molecule has 0 aromatic heterocycles. The van der Waals surface area contributed by atoms with Gasteiger partial charge in [0.1, 0.15) is 0 Å². The summed E-state index contributed by atoms with van der Waals surface area (Å²) in [6, 6.07) is 20.0. The van der Waals surface area contributed by atoms with Crippen molar-refractivity contribution in [3.05, 3.63) is 60.7 Å². The van der Waals surface area contributed by atoms with Crippen molar-refractivity contribution in [1.29, 1.82) is 0 Å². The minimum atomic E-state index is 0. The van der Waals surface area contributed by atoms with Gasteiger partial charge in [0.05, 0.1) is 0 Å². The van der Waals surface area contributed by atoms with E-state index in [1.807, 2.05) is 60.7 Å². The Morgan fingerprint density at radius 2 is 0.885 bits per heavy atom. The minimum Gasteiger partial charge on any atom is -0.214 e. The van der Waals surface area contributed by atoms with Crippen LogP contribution >= 0.6 is 8.58 Å². The first-order valence-electron chi connectivity index (χ1n) is 10.5. The van der Waals surface area contributed by atoms with E-state index in [-0.39, 0.29) is 16.8 Å². The summed E-state index contributed by atoms with van der Waals surface area (Å²) in [6.45, 7) is 4.58. The van der Waals surface area contributed by atoms with E-state index < -0.39 is 0 Å². The van der Waals surface area contributed by atoms with Crippen LogP contribution < -0.4 is 0 Å². The van der Waals surface area contributed by atoms with Crippen molar-refractivity contribution in [2.45, 2.75) is 78.1 Å². The fraction of sp³-hybridized carbons (Fsp3) is 0.583. The molecule has 2 heteroatoms. The van der Waals surface area contributed by atoms with Gasteiger partial charge in [-0.3, -0.25) is 0 Å². The first kappa shape index (κ1) is 27.9. The van der Waals surface area contributed by atoms with E-state index in [0.717, 1.165) is 0 Å². The third-order valence-corrected chi connectivity index (χ3v) is 5.44. The van der Waals surface area contributed by atoms with Crippen LogP contribution in [0.25, 0.3) is 0 Å². The molecule has 1 radical (unpaired) electrons. The molecule has 0 aliphatic carbocycles. The summed E-state index contributed by atoms with van der Waals surface area (Å²) in [7, 11) is 1.26. The molecule has 0 aliphatic heterocycles. The maximum Gasteiger partial charge on any atom is 2.00 e. The largest absolute Gasteiger partial charge is 2.00 e. The van der Waals surface area contributed by atoms with E-state index in [2.05, 4.69) is 13.8 Å². The molecule has 0 heterocycles. The molecule has 0 N–H and O–H groups in total. The predicted octanol–water partition coefficient (Wildman–Crippen LogP) is 8.41. The zero-order valence-electron chi connectivity index (χ0n) is 17.1. The molecule has 0 unspecified atom stereocenters. The molecule has 151 valence electrons. The standard InChI is InChI=1S/C14H31P.2C5H5.Co/c1-3-5-7-9-11-13-15-14-12-10-8-6-4-2;2*1-2-4-5-3-1;/h15H,3-14H2,1-2H3;2*1-5H;/q;2*-1;+2. The van der Waals surface area contributed by atoms with Crippen LogP contribution in [0.3, 0.4) is 0 Å². The van der Waals surface area contributed by atoms with Gasteiger partial charge in [0.25, 0.3) is 0 Å². The van der Waals surface area contributed by atoms with Crippen LogP contribution in [-0.2, 0) is 16.8 Å². The molecule has 0 nitrogen and oxygen atoms in total. The van der Waals surface area contributed by atoms with Gasteiger partial charge < -0.3 is 0 Å². The first-order valence-corrected chi connectivity index (χ1v) is 11.9. The van der Waals surface area contributed by atoms with Crippen LogP contribution in [0.2, 0.25) is 0 Å². The summed E-state index contributed by atoms with van der Waals surface area (Å²) in [5.74, 6) is 0. The van der Waals surface area contributed by atoms with Gasteiger partial charge >= 0.3 is 16.8 Å². The van der Waals surface area contributed by atoms with Gasteiger partial charge in [-0.15, -0.1) is 8.58 Å². The second-order valence-electron chi connectivity index (χ2n) is 6.50. The molecule has 2 aromatic carbocycles. The first-order chi connectivity index (χ1) is 12.4. The molecule has 0 spiro atoms. The Bertz CT molecular complexity index is 308. The number of hydrogen-bond donors (Lipinski definition) is 0. The molecule has 0 saturated heterocycles. The Labute approximate surface area is 176 Å². The molecule has 0 saturated carbocycles. The van der Waals surface area contributed by atoms with Crippen molar-refractivity contribution >= 4 is 8.58 Å². The normalized spacial score (nSPS) is 9.31. The fourth-order valence-electron chi connectivity index (χ4n) is 2.47. The molecule has 0 amide bonds. The van der Waals surface area contributed by atoms with Crippen molar-refractivity contribution < 1.29 is 16.8 Å². The molecule has 2 rings (SSSR count). The smallest absolute Gasteiger partial charge is 0.214 e. The quantitative estimate of drug-likeness (QED) is 0.184. The topological polar surface area (TPSA) is 0 Å². The maximum atomic E-state index is 2.29. The van der Waals surface area contributed by atoms with Gasteiger partial charge in [-0.2, -0.15) is 36.4 Å². The Hall–Kier alpha value is -0.364. The van der Waals surface area contributed by atoms with Crippen molar-refractivity contribution in [3.8, 4) is 0 Å². The summed E-state index contributed by atoms with van der Waals surface area (Å²) in [5, 5.41) is 0. The SMILES string of the molecule is CCCCCCCPCCCCCCC.[Co+2].c1cc[cH-]c1.c1cc[cH-]c1. The third-order valence-electron chi connectivity index (χ3n) is 4.03. The van der Waals surface area contributed by atoms with Crippen LogP contribution in [0.1, 0.15) is 78.1 Å². The van der Waals surface area contributed by atoms with Gasteiger partial charge in [-0.25, -0.2) is 24.3 Å². The Kier molecular flexibility index (Phi) is 28.8. The monoisotopic (exact) mass is 419 g/mol. The third kappa shape index (κ3) is 25.9. The molecule has 0 fully saturated rings. The molecule has 0 aliphatic rings. The predicted molar refractivity (Wildman–Crippen MR) is 120 cm³/mol. The van der Waals surface area contributed by atoms with Crippen LogP contribution in [-0.4, -0.2) is 12.3 Å². The molecule has 26 heavy (non-hydrogen) atoms. The zero-order chi connectivity index (χ0) is 18.3. The number of unbranched alkanes of at least 4 members (excludes halogenated alkanes) is 8. The molecular weight excluding hydrogens is 378 g/mol. The van der Waals surface area contributed by atoms with Crippen LogP contribution in [0.15, 0.2) is 60.7 Å². The van der Waals surface area contributed by atoms with Crippen LogP contribution in [0.5, 0.6) is 0 Å². The number of rotatable bonds is 12. The second kappa shape index (κ2) is 26.9. The van der Waals surface area contributed by atoms with E-state index >= 15 is 0 Å². The number of hydrogen-bond acceptors (Lipinski definition) is 0. The molecule has 2 aromatic rings. The van der Waals surface area contributed by atoms with Gasteiger partial charge in [-0.1, -0.05) is 65.2 Å². The summed E-state index contributed by atoms with van der Waals surface area (Å²) in [6.07, 6.45) is 17.6. The van der Waals surface area contributed by atoms with Gasteiger partial charge in [0.2, 0.25) is 0 Å². The van der Waals surface area contributed by atoms with Gasteiger partial charge in [0, 0.05) is 0 Å². The van der Waals surface area contributed by atoms with Crippen molar-refractivity contribution in [2.75, 3.05) is 12.3 Å². The Morgan fingerprint density at radius 1 is 0.538 bits per heavy atom. The average Bonchev–Trinajstić information content (AvgIpc) is 3.38. The zero-order valence-corrected chi connectivity index (χ0v) is 19.1. The van der Waals surface area contributed by atoms with Gasteiger partial charge in [-0.05, 0) is 25.2 Å². The van der Waals surface area contributed by atoms with E-state index in [9.17, 15) is 0 Å². The van der Waals surface area contributed by atoms with Crippen LogP contribution in [0, 0.1) is 0 Å². The fourth-order valence-corrected chi connectivity index (χ4v) is 3.72. The van der Waals surface area contributed by atoms with Gasteiger partial charge in [0.15, 0.2) is 0 Å². The summed E-state index contributed by atoms with van der Waals surface area (Å²) in [4.78, 5) is 0. The van der Waals surface area contributed by atoms with E-state index in [0.29, 0.717) is 0 Å². The Morgan fingerprint density at radius 3 is 1.15 bits per heavy atom.